The minimum Gasteiger partial charge on any atom is -0.494 e. The van der Waals surface area contributed by atoms with Crippen molar-refractivity contribution >= 4 is 40.4 Å². The number of nitrogens with one attached hydrogen (secondary N) is 2. The Labute approximate surface area is 195 Å². The van der Waals surface area contributed by atoms with Gasteiger partial charge in [-0.05, 0) is 61.0 Å². The number of nitrogens with zero attached hydrogens (tertiary/aromatic N) is 1. The molecule has 8 heteroatoms. The summed E-state index contributed by atoms with van der Waals surface area (Å²) in [4.78, 5) is 39.2. The number of imide groups is 1. The summed E-state index contributed by atoms with van der Waals surface area (Å²) < 4.78 is 19.0. The lowest BCUT2D eigenvalue weighted by atomic mass is 10.0. The molecule has 0 spiro atoms. The number of carbonyl (C=O) groups is 3. The van der Waals surface area contributed by atoms with Gasteiger partial charge in [0.05, 0.1) is 17.9 Å². The lowest BCUT2D eigenvalue weighted by Crippen LogP contribution is -2.32. The smallest absolute Gasteiger partial charge is 0.282 e. The monoisotopic (exact) mass is 459 g/mol. The molecule has 4 rings (SSSR count). The number of hydrogen-bond donors (Lipinski definition) is 2. The lowest BCUT2D eigenvalue weighted by molar-refractivity contribution is -0.120. The maximum absolute atomic E-state index is 13.5. The van der Waals surface area contributed by atoms with Crippen LogP contribution in [0, 0.1) is 5.82 Å². The van der Waals surface area contributed by atoms with Crippen LogP contribution in [-0.4, -0.2) is 24.3 Å². The Kier molecular flexibility index (Phi) is 6.40. The van der Waals surface area contributed by atoms with Crippen molar-refractivity contribution in [3.8, 4) is 5.75 Å². The van der Waals surface area contributed by atoms with E-state index in [2.05, 4.69) is 10.6 Å². The topological polar surface area (TPSA) is 87.7 Å². The molecule has 0 aromatic heterocycles. The molecule has 3 aromatic carbocycles. The molecule has 0 atom stereocenters. The van der Waals surface area contributed by atoms with Crippen molar-refractivity contribution in [3.05, 3.63) is 89.9 Å². The van der Waals surface area contributed by atoms with Crippen molar-refractivity contribution in [1.29, 1.82) is 0 Å². The van der Waals surface area contributed by atoms with Crippen molar-refractivity contribution in [2.45, 2.75) is 13.8 Å². The Morgan fingerprint density at radius 1 is 0.941 bits per heavy atom. The zero-order chi connectivity index (χ0) is 24.2. The minimum atomic E-state index is -0.570. The average molecular weight is 459 g/mol. The number of benzene rings is 3. The van der Waals surface area contributed by atoms with Gasteiger partial charge in [-0.15, -0.1) is 0 Å². The Balaban J connectivity index is 1.77. The fourth-order valence-corrected chi connectivity index (χ4v) is 3.64. The SMILES string of the molecule is CCOc1cccc(NC2=C(c3ccc(NC(C)=O)cc3)C(=O)N(c3ccc(F)cc3)C2=O)c1. The summed E-state index contributed by atoms with van der Waals surface area (Å²) in [6.07, 6.45) is 0. The molecule has 3 amide bonds. The van der Waals surface area contributed by atoms with Crippen LogP contribution in [0.15, 0.2) is 78.5 Å². The average Bonchev–Trinajstić information content (AvgIpc) is 3.04. The largest absolute Gasteiger partial charge is 0.494 e. The molecule has 7 nitrogen and oxygen atoms in total. The third-order valence-electron chi connectivity index (χ3n) is 5.08. The quantitative estimate of drug-likeness (QED) is 0.505. The van der Waals surface area contributed by atoms with E-state index in [0.29, 0.717) is 29.3 Å². The van der Waals surface area contributed by atoms with Crippen LogP contribution < -0.4 is 20.3 Å². The van der Waals surface area contributed by atoms with Gasteiger partial charge in [-0.1, -0.05) is 18.2 Å². The molecule has 0 bridgehead atoms. The van der Waals surface area contributed by atoms with Crippen LogP contribution in [0.3, 0.4) is 0 Å². The number of carbonyl (C=O) groups excluding carboxylic acids is 3. The standard InChI is InChI=1S/C26H22FN3O4/c1-3-34-22-6-4-5-20(15-22)29-24-23(17-7-11-19(12-8-17)28-16(2)31)25(32)30(26(24)33)21-13-9-18(27)10-14-21/h4-15,29H,3H2,1-2H3,(H,28,31). The van der Waals surface area contributed by atoms with Gasteiger partial charge in [0.25, 0.3) is 11.8 Å². The van der Waals surface area contributed by atoms with E-state index in [1.165, 1.54) is 31.2 Å². The normalized spacial score (nSPS) is 13.3. The Morgan fingerprint density at radius 2 is 1.65 bits per heavy atom. The summed E-state index contributed by atoms with van der Waals surface area (Å²) >= 11 is 0. The highest BCUT2D eigenvalue weighted by molar-refractivity contribution is 6.46. The van der Waals surface area contributed by atoms with Crippen molar-refractivity contribution in [3.63, 3.8) is 0 Å². The van der Waals surface area contributed by atoms with Crippen molar-refractivity contribution < 1.29 is 23.5 Å². The third kappa shape index (κ3) is 4.66. The summed E-state index contributed by atoms with van der Waals surface area (Å²) in [7, 11) is 0. The van der Waals surface area contributed by atoms with Gasteiger partial charge in [0.2, 0.25) is 5.91 Å². The van der Waals surface area contributed by atoms with E-state index in [9.17, 15) is 18.8 Å². The van der Waals surface area contributed by atoms with Gasteiger partial charge >= 0.3 is 0 Å². The molecule has 0 aliphatic carbocycles. The van der Waals surface area contributed by atoms with E-state index < -0.39 is 17.6 Å². The summed E-state index contributed by atoms with van der Waals surface area (Å²) in [5, 5.41) is 5.74. The molecule has 2 N–H and O–H groups in total. The van der Waals surface area contributed by atoms with Gasteiger partial charge in [-0.25, -0.2) is 9.29 Å². The number of amides is 3. The zero-order valence-electron chi connectivity index (χ0n) is 18.6. The van der Waals surface area contributed by atoms with Crippen LogP contribution in [0.5, 0.6) is 5.75 Å². The van der Waals surface area contributed by atoms with Gasteiger partial charge < -0.3 is 15.4 Å². The van der Waals surface area contributed by atoms with E-state index in [1.54, 1.807) is 48.5 Å². The second kappa shape index (κ2) is 9.58. The molecule has 1 heterocycles. The molecular weight excluding hydrogens is 437 g/mol. The van der Waals surface area contributed by atoms with Crippen molar-refractivity contribution in [2.24, 2.45) is 0 Å². The highest BCUT2D eigenvalue weighted by Crippen LogP contribution is 2.34. The van der Waals surface area contributed by atoms with E-state index >= 15 is 0 Å². The Hall–Kier alpha value is -4.46. The highest BCUT2D eigenvalue weighted by Gasteiger charge is 2.40. The number of hydrogen-bond acceptors (Lipinski definition) is 5. The highest BCUT2D eigenvalue weighted by atomic mass is 19.1. The van der Waals surface area contributed by atoms with Crippen LogP contribution in [-0.2, 0) is 14.4 Å². The maximum Gasteiger partial charge on any atom is 0.282 e. The number of rotatable bonds is 7. The second-order valence-electron chi connectivity index (χ2n) is 7.52. The summed E-state index contributed by atoms with van der Waals surface area (Å²) in [5.74, 6) is -1.21. The first-order chi connectivity index (χ1) is 16.4. The molecular formula is C26H22FN3O4. The Bertz CT molecular complexity index is 1280. The molecule has 34 heavy (non-hydrogen) atoms. The fraction of sp³-hybridized carbons (Fsp3) is 0.115. The summed E-state index contributed by atoms with van der Waals surface area (Å²) in [6.45, 7) is 3.74. The molecule has 1 aliphatic heterocycles. The molecule has 3 aromatic rings. The predicted octanol–water partition coefficient (Wildman–Crippen LogP) is 4.58. The maximum atomic E-state index is 13.5. The molecule has 0 radical (unpaired) electrons. The zero-order valence-corrected chi connectivity index (χ0v) is 18.6. The third-order valence-corrected chi connectivity index (χ3v) is 5.08. The molecule has 0 fully saturated rings. The first kappa shape index (κ1) is 22.7. The van der Waals surface area contributed by atoms with E-state index in [1.807, 2.05) is 6.92 Å². The van der Waals surface area contributed by atoms with Crippen LogP contribution in [0.25, 0.3) is 5.57 Å². The number of ether oxygens (including phenoxy) is 1. The first-order valence-electron chi connectivity index (χ1n) is 10.6. The van der Waals surface area contributed by atoms with Crippen LogP contribution in [0.4, 0.5) is 21.5 Å². The van der Waals surface area contributed by atoms with Crippen molar-refractivity contribution in [2.75, 3.05) is 22.1 Å². The molecule has 172 valence electrons. The summed E-state index contributed by atoms with van der Waals surface area (Å²) in [5.41, 5.74) is 2.10. The molecule has 0 saturated carbocycles. The van der Waals surface area contributed by atoms with Crippen LogP contribution >= 0.6 is 0 Å². The Morgan fingerprint density at radius 3 is 2.29 bits per heavy atom. The van der Waals surface area contributed by atoms with Gasteiger partial charge in [0.1, 0.15) is 17.3 Å². The van der Waals surface area contributed by atoms with E-state index in [4.69, 9.17) is 4.74 Å². The van der Waals surface area contributed by atoms with E-state index in [0.717, 1.165) is 4.90 Å². The molecule has 0 saturated heterocycles. The first-order valence-corrected chi connectivity index (χ1v) is 10.6. The van der Waals surface area contributed by atoms with Gasteiger partial charge in [0.15, 0.2) is 0 Å². The fourth-order valence-electron chi connectivity index (χ4n) is 3.64. The van der Waals surface area contributed by atoms with E-state index in [-0.39, 0.29) is 22.9 Å². The van der Waals surface area contributed by atoms with Gasteiger partial charge in [0, 0.05) is 24.4 Å². The van der Waals surface area contributed by atoms with Crippen LogP contribution in [0.2, 0.25) is 0 Å². The van der Waals surface area contributed by atoms with Crippen LogP contribution in [0.1, 0.15) is 19.4 Å². The minimum absolute atomic E-state index is 0.0789. The van der Waals surface area contributed by atoms with Gasteiger partial charge in [-0.3, -0.25) is 14.4 Å². The molecule has 0 unspecified atom stereocenters. The number of halogens is 1. The van der Waals surface area contributed by atoms with Crippen molar-refractivity contribution in [1.82, 2.24) is 0 Å². The molecule has 1 aliphatic rings. The summed E-state index contributed by atoms with van der Waals surface area (Å²) in [6, 6.07) is 18.8. The van der Waals surface area contributed by atoms with Gasteiger partial charge in [-0.2, -0.15) is 0 Å². The second-order valence-corrected chi connectivity index (χ2v) is 7.52. The number of anilines is 3. The lowest BCUT2D eigenvalue weighted by Gasteiger charge is -2.15. The predicted molar refractivity (Wildman–Crippen MR) is 128 cm³/mol.